The van der Waals surface area contributed by atoms with E-state index in [9.17, 15) is 20.1 Å². The molecule has 0 radical (unpaired) electrons. The molecule has 472 valence electrons. The molecule has 10 aromatic rings. The van der Waals surface area contributed by atoms with Crippen molar-refractivity contribution in [1.82, 2.24) is 29.9 Å². The molecule has 3 unspecified atom stereocenters. The molecule has 1 saturated carbocycles. The van der Waals surface area contributed by atoms with Gasteiger partial charge in [0.25, 0.3) is 0 Å². The van der Waals surface area contributed by atoms with E-state index < -0.39 is 34.4 Å². The average Bonchev–Trinajstić information content (AvgIpc) is 1.59. The third-order valence-electron chi connectivity index (χ3n) is 18.2. The number of phenolic OH excluding ortho intramolecular Hbond substituents is 1. The van der Waals surface area contributed by atoms with Crippen LogP contribution in [0, 0.1) is 11.3 Å². The highest BCUT2D eigenvalue weighted by Crippen LogP contribution is 2.47. The molecule has 21 nitrogen and oxygen atoms in total. The Hall–Kier alpha value is -10.8. The smallest absolute Gasteiger partial charge is 0.176 e. The number of carbonyl (C=O) groups is 3. The molecule has 93 heavy (non-hydrogen) atoms. The number of rotatable bonds is 18. The standard InChI is InChI=1S/C72H70N12O9/c1-70(2)61(86)58(64(73)82(70)43-27-46(85)33-47(28-43)89-7)65-78-54-23-21-40(25-56(54)80-65)37-93-51-32-45(30-49(35-51)91-9)84-69(75-42-15-11-10-12-16-42)60(63(88)72(84,5)6)67-79-55-24-22-41(26-57(55)81-67)38-92-50-31-44(29-48(34-50)90-8)83-68(74-36-39-19-20-39)59(62(87)71(83,3)4)66-76-52-17-13-14-18-53(52)77-66/h10-18,21-35,39,58-60,73,85H,19-20,36-38H2,1-9H3,(H,76,77)(H,78,80)(H,79,81). The number of imidazole rings is 3. The zero-order chi connectivity index (χ0) is 64.8. The summed E-state index contributed by atoms with van der Waals surface area (Å²) < 4.78 is 30.3. The van der Waals surface area contributed by atoms with Crippen LogP contribution in [0.3, 0.4) is 0 Å². The lowest BCUT2D eigenvalue weighted by Crippen LogP contribution is -2.44. The maximum Gasteiger partial charge on any atom is 0.176 e. The maximum atomic E-state index is 15.2. The highest BCUT2D eigenvalue weighted by Gasteiger charge is 2.56. The number of amidine groups is 3. The first kappa shape index (κ1) is 59.8. The summed E-state index contributed by atoms with van der Waals surface area (Å²) >= 11 is 0. The van der Waals surface area contributed by atoms with Gasteiger partial charge >= 0.3 is 0 Å². The summed E-state index contributed by atoms with van der Waals surface area (Å²) in [6, 6.07) is 44.5. The van der Waals surface area contributed by atoms with Gasteiger partial charge in [-0.3, -0.25) is 24.8 Å². The molecule has 4 aliphatic rings. The minimum Gasteiger partial charge on any atom is -0.508 e. The predicted octanol–water partition coefficient (Wildman–Crippen LogP) is 12.6. The lowest BCUT2D eigenvalue weighted by Gasteiger charge is -2.32. The summed E-state index contributed by atoms with van der Waals surface area (Å²) in [6.45, 7) is 12.0. The molecular weight excluding hydrogens is 1180 g/mol. The maximum absolute atomic E-state index is 15.2. The minimum atomic E-state index is -1.16. The number of Topliss-reactive ketones (excluding diaryl/α,β-unsaturated/α-hetero) is 3. The fraction of sp³-hybridized carbons (Fsp3) is 0.292. The van der Waals surface area contributed by atoms with Crippen molar-refractivity contribution in [3.63, 3.8) is 0 Å². The number of aliphatic imine (C=N–C) groups is 2. The number of aromatic nitrogens is 6. The van der Waals surface area contributed by atoms with Crippen LogP contribution < -0.4 is 38.4 Å². The van der Waals surface area contributed by atoms with Crippen LogP contribution in [0.25, 0.3) is 33.1 Å². The van der Waals surface area contributed by atoms with E-state index in [0.29, 0.717) is 115 Å². The summed E-state index contributed by atoms with van der Waals surface area (Å²) in [5.74, 6) is 2.22. The van der Waals surface area contributed by atoms with Gasteiger partial charge in [0.15, 0.2) is 17.3 Å². The number of phenols is 1. The van der Waals surface area contributed by atoms with Crippen LogP contribution in [0.15, 0.2) is 156 Å². The van der Waals surface area contributed by atoms with E-state index in [1.807, 2.05) is 159 Å². The molecule has 0 spiro atoms. The normalized spacial score (nSPS) is 20.1. The number of nitrogens with one attached hydrogen (secondary N) is 4. The van der Waals surface area contributed by atoms with Gasteiger partial charge in [-0.1, -0.05) is 42.5 Å². The molecule has 0 bridgehead atoms. The second-order valence-corrected chi connectivity index (χ2v) is 25.7. The van der Waals surface area contributed by atoms with Gasteiger partial charge < -0.3 is 58.4 Å². The molecular formula is C72H70N12O9. The Labute approximate surface area is 536 Å². The zero-order valence-corrected chi connectivity index (χ0v) is 53.0. The number of ketones is 3. The van der Waals surface area contributed by atoms with E-state index in [0.717, 1.165) is 35.0 Å². The molecule has 21 heteroatoms. The summed E-state index contributed by atoms with van der Waals surface area (Å²) in [6.07, 6.45) is 2.22. The van der Waals surface area contributed by atoms with Crippen molar-refractivity contribution in [3.05, 3.63) is 174 Å². The Bertz CT molecular complexity index is 4700. The summed E-state index contributed by atoms with van der Waals surface area (Å²) in [7, 11) is 4.67. The number of nitrogens with zero attached hydrogens (tertiary/aromatic N) is 8. The van der Waals surface area contributed by atoms with Crippen molar-refractivity contribution in [1.29, 1.82) is 5.41 Å². The van der Waals surface area contributed by atoms with Gasteiger partial charge in [-0.2, -0.15) is 0 Å². The fourth-order valence-corrected chi connectivity index (χ4v) is 13.2. The van der Waals surface area contributed by atoms with Crippen LogP contribution in [0.1, 0.15) is 101 Å². The number of fused-ring (bicyclic) bond motifs is 3. The zero-order valence-electron chi connectivity index (χ0n) is 53.0. The Morgan fingerprint density at radius 2 is 0.946 bits per heavy atom. The van der Waals surface area contributed by atoms with E-state index in [2.05, 4.69) is 15.0 Å². The topological polar surface area (TPSA) is 262 Å². The second kappa shape index (κ2) is 22.8. The van der Waals surface area contributed by atoms with E-state index in [-0.39, 0.29) is 42.1 Å². The van der Waals surface area contributed by atoms with Crippen LogP contribution in [0.5, 0.6) is 34.5 Å². The van der Waals surface area contributed by atoms with Crippen molar-refractivity contribution < 1.29 is 43.2 Å². The Kier molecular flexibility index (Phi) is 14.7. The number of anilines is 3. The number of H-pyrrole nitrogens is 3. The predicted molar refractivity (Wildman–Crippen MR) is 357 cm³/mol. The number of hydrogen-bond donors (Lipinski definition) is 5. The van der Waals surface area contributed by atoms with Crippen molar-refractivity contribution in [3.8, 4) is 34.5 Å². The fourth-order valence-electron chi connectivity index (χ4n) is 13.2. The van der Waals surface area contributed by atoms with Crippen LogP contribution >= 0.6 is 0 Å². The SMILES string of the molecule is COc1cc(O)cc(N2C(=N)C(c3nc4ccc(COc5cc(OC)cc(N6C(=Nc7ccccc7)C(c7nc8ccc(COc9cc(OC)cc(N%10C(=NCC%11CC%11)C(c%11nc%12ccccc%12[nH]%11)C(=O)C%10(C)C)c9)cc8[nH]7)C(=O)C6(C)C)c5)cc4[nH]3)C(=O)C2(C)C)c1. The molecule has 5 N–H and O–H groups in total. The minimum absolute atomic E-state index is 0.0119. The second-order valence-electron chi connectivity index (χ2n) is 25.7. The summed E-state index contributed by atoms with van der Waals surface area (Å²) in [5.41, 5.74) is 4.94. The van der Waals surface area contributed by atoms with Crippen molar-refractivity contribution >= 4 is 90.7 Å². The third-order valence-corrected chi connectivity index (χ3v) is 18.2. The van der Waals surface area contributed by atoms with Crippen molar-refractivity contribution in [2.24, 2.45) is 15.9 Å². The monoisotopic (exact) mass is 1250 g/mol. The highest BCUT2D eigenvalue weighted by molar-refractivity contribution is 6.29. The molecule has 3 saturated heterocycles. The number of carbonyl (C=O) groups excluding carboxylic acids is 3. The number of methoxy groups -OCH3 is 3. The Morgan fingerprint density at radius 3 is 1.48 bits per heavy atom. The van der Waals surface area contributed by atoms with Crippen molar-refractivity contribution in [2.45, 2.75) is 102 Å². The number of ether oxygens (including phenoxy) is 5. The summed E-state index contributed by atoms with van der Waals surface area (Å²) in [4.78, 5) is 85.0. The van der Waals surface area contributed by atoms with Gasteiger partial charge in [-0.15, -0.1) is 0 Å². The molecule has 4 fully saturated rings. The molecule has 3 atom stereocenters. The number of para-hydroxylation sites is 3. The number of benzene rings is 7. The van der Waals surface area contributed by atoms with Gasteiger partial charge in [0, 0.05) is 61.1 Å². The van der Waals surface area contributed by atoms with Gasteiger partial charge in [0.05, 0.1) is 77.2 Å². The number of aromatic hydroxyl groups is 1. The quantitative estimate of drug-likeness (QED) is 0.0535. The Balaban J connectivity index is 0.722. The lowest BCUT2D eigenvalue weighted by molar-refractivity contribution is -0.122. The van der Waals surface area contributed by atoms with Crippen LogP contribution in [0.2, 0.25) is 0 Å². The average molecular weight is 1250 g/mol. The lowest BCUT2D eigenvalue weighted by atomic mass is 9.93. The van der Waals surface area contributed by atoms with E-state index in [1.54, 1.807) is 45.1 Å². The van der Waals surface area contributed by atoms with E-state index in [4.69, 9.17) is 48.6 Å². The largest absolute Gasteiger partial charge is 0.508 e. The van der Waals surface area contributed by atoms with Gasteiger partial charge in [0.1, 0.15) is 117 Å². The van der Waals surface area contributed by atoms with Crippen LogP contribution in [-0.4, -0.2) is 114 Å². The summed E-state index contributed by atoms with van der Waals surface area (Å²) in [5, 5.41) is 19.7. The molecule has 0 amide bonds. The third kappa shape index (κ3) is 10.7. The molecule has 6 heterocycles. The van der Waals surface area contributed by atoms with E-state index >= 15 is 4.79 Å². The van der Waals surface area contributed by atoms with Crippen LogP contribution in [-0.2, 0) is 27.6 Å². The van der Waals surface area contributed by atoms with Crippen molar-refractivity contribution in [2.75, 3.05) is 42.6 Å². The van der Waals surface area contributed by atoms with Gasteiger partial charge in [-0.25, -0.2) is 19.9 Å². The molecule has 1 aliphatic carbocycles. The highest BCUT2D eigenvalue weighted by atomic mass is 16.5. The molecule has 3 aromatic heterocycles. The first-order chi connectivity index (χ1) is 44.7. The molecule has 7 aromatic carbocycles. The number of hydrogen-bond acceptors (Lipinski definition) is 15. The van der Waals surface area contributed by atoms with E-state index in [1.165, 1.54) is 19.2 Å². The first-order valence-corrected chi connectivity index (χ1v) is 30.9. The van der Waals surface area contributed by atoms with Gasteiger partial charge in [-0.05, 0) is 120 Å². The van der Waals surface area contributed by atoms with Gasteiger partial charge in [0.2, 0.25) is 0 Å². The first-order valence-electron chi connectivity index (χ1n) is 30.9. The molecule has 14 rings (SSSR count). The molecule has 3 aliphatic heterocycles. The van der Waals surface area contributed by atoms with Crippen LogP contribution in [0.4, 0.5) is 22.7 Å². The Morgan fingerprint density at radius 1 is 0.505 bits per heavy atom. The number of aromatic amines is 3.